The lowest BCUT2D eigenvalue weighted by atomic mass is 10.1. The average Bonchev–Trinajstić information content (AvgIpc) is 2.42. The Bertz CT molecular complexity index is 575. The fourth-order valence-electron chi connectivity index (χ4n) is 2.15. The molecule has 19 heavy (non-hydrogen) atoms. The summed E-state index contributed by atoms with van der Waals surface area (Å²) in [5.41, 5.74) is 4.40. The molecule has 0 saturated carbocycles. The van der Waals surface area contributed by atoms with Crippen molar-refractivity contribution in [2.24, 2.45) is 0 Å². The molecule has 0 aliphatic heterocycles. The van der Waals surface area contributed by atoms with Crippen LogP contribution in [0, 0.1) is 13.8 Å². The molecular weight excluding hydrogens is 234 g/mol. The molecule has 0 spiro atoms. The van der Waals surface area contributed by atoms with Gasteiger partial charge < -0.3 is 4.90 Å². The van der Waals surface area contributed by atoms with Crippen molar-refractivity contribution < 1.29 is 4.79 Å². The van der Waals surface area contributed by atoms with E-state index in [0.717, 1.165) is 5.56 Å². The van der Waals surface area contributed by atoms with Gasteiger partial charge in [0.05, 0.1) is 0 Å². The van der Waals surface area contributed by atoms with Crippen LogP contribution in [-0.2, 0) is 6.54 Å². The highest BCUT2D eigenvalue weighted by atomic mass is 16.2. The third-order valence-electron chi connectivity index (χ3n) is 3.27. The van der Waals surface area contributed by atoms with Gasteiger partial charge in [0.2, 0.25) is 0 Å². The Morgan fingerprint density at radius 3 is 2.37 bits per heavy atom. The van der Waals surface area contributed by atoms with E-state index >= 15 is 0 Å². The van der Waals surface area contributed by atoms with Crippen LogP contribution >= 0.6 is 0 Å². The summed E-state index contributed by atoms with van der Waals surface area (Å²) in [4.78, 5) is 14.0. The van der Waals surface area contributed by atoms with E-state index in [4.69, 9.17) is 0 Å². The molecule has 2 aromatic rings. The van der Waals surface area contributed by atoms with Crippen molar-refractivity contribution in [1.29, 1.82) is 0 Å². The first-order chi connectivity index (χ1) is 9.08. The highest BCUT2D eigenvalue weighted by Crippen LogP contribution is 2.14. The van der Waals surface area contributed by atoms with Crippen molar-refractivity contribution in [3.8, 4) is 0 Å². The molecule has 0 aliphatic carbocycles. The largest absolute Gasteiger partial charge is 0.337 e. The van der Waals surface area contributed by atoms with Crippen molar-refractivity contribution in [1.82, 2.24) is 4.90 Å². The first-order valence-corrected chi connectivity index (χ1v) is 6.44. The normalized spacial score (nSPS) is 10.3. The number of hydrogen-bond donors (Lipinski definition) is 0. The molecule has 0 heterocycles. The fraction of sp³-hybridized carbons (Fsp3) is 0.235. The van der Waals surface area contributed by atoms with E-state index in [1.807, 2.05) is 37.4 Å². The molecule has 2 heteroatoms. The Morgan fingerprint density at radius 2 is 1.74 bits per heavy atom. The zero-order valence-electron chi connectivity index (χ0n) is 11.7. The quantitative estimate of drug-likeness (QED) is 0.818. The van der Waals surface area contributed by atoms with Gasteiger partial charge in [-0.1, -0.05) is 42.0 Å². The minimum Gasteiger partial charge on any atom is -0.337 e. The van der Waals surface area contributed by atoms with Crippen LogP contribution in [0.1, 0.15) is 27.0 Å². The van der Waals surface area contributed by atoms with Gasteiger partial charge in [0.25, 0.3) is 5.91 Å². The van der Waals surface area contributed by atoms with Gasteiger partial charge in [-0.25, -0.2) is 0 Å². The van der Waals surface area contributed by atoms with E-state index in [-0.39, 0.29) is 5.91 Å². The summed E-state index contributed by atoms with van der Waals surface area (Å²) in [5.74, 6) is 0.0561. The smallest absolute Gasteiger partial charge is 0.253 e. The molecule has 2 aromatic carbocycles. The summed E-state index contributed by atoms with van der Waals surface area (Å²) in [6, 6.07) is 15.7. The molecular formula is C17H19NO. The lowest BCUT2D eigenvalue weighted by Crippen LogP contribution is -2.26. The minimum atomic E-state index is 0.0561. The van der Waals surface area contributed by atoms with Crippen LogP contribution in [0.5, 0.6) is 0 Å². The Morgan fingerprint density at radius 1 is 1.05 bits per heavy atom. The van der Waals surface area contributed by atoms with Gasteiger partial charge in [-0.2, -0.15) is 0 Å². The van der Waals surface area contributed by atoms with Gasteiger partial charge in [-0.15, -0.1) is 0 Å². The van der Waals surface area contributed by atoms with Crippen molar-refractivity contribution >= 4 is 5.91 Å². The summed E-state index contributed by atoms with van der Waals surface area (Å²) < 4.78 is 0. The van der Waals surface area contributed by atoms with Crippen LogP contribution in [0.4, 0.5) is 0 Å². The number of amides is 1. The molecule has 0 saturated heterocycles. The molecule has 0 unspecified atom stereocenters. The van der Waals surface area contributed by atoms with E-state index in [9.17, 15) is 4.79 Å². The number of aryl methyl sites for hydroxylation is 2. The number of nitrogens with zero attached hydrogens (tertiary/aromatic N) is 1. The van der Waals surface area contributed by atoms with Crippen LogP contribution in [-0.4, -0.2) is 17.9 Å². The van der Waals surface area contributed by atoms with E-state index in [1.165, 1.54) is 16.7 Å². The maximum Gasteiger partial charge on any atom is 0.253 e. The molecule has 0 bridgehead atoms. The summed E-state index contributed by atoms with van der Waals surface area (Å²) in [6.45, 7) is 4.80. The first kappa shape index (κ1) is 13.3. The fourth-order valence-corrected chi connectivity index (χ4v) is 2.15. The summed E-state index contributed by atoms with van der Waals surface area (Å²) in [7, 11) is 1.84. The Labute approximate surface area is 114 Å². The maximum atomic E-state index is 12.3. The molecule has 2 nitrogen and oxygen atoms in total. The molecule has 0 aliphatic rings. The SMILES string of the molecule is Cc1ccc(CN(C)C(=O)c2ccccc2)c(C)c1. The molecule has 0 radical (unpaired) electrons. The van der Waals surface area contributed by atoms with Crippen LogP contribution in [0.2, 0.25) is 0 Å². The van der Waals surface area contributed by atoms with Crippen LogP contribution in [0.3, 0.4) is 0 Å². The molecule has 98 valence electrons. The van der Waals surface area contributed by atoms with Gasteiger partial charge in [0.1, 0.15) is 0 Å². The summed E-state index contributed by atoms with van der Waals surface area (Å²) in [5, 5.41) is 0. The van der Waals surface area contributed by atoms with E-state index in [1.54, 1.807) is 4.90 Å². The molecule has 0 N–H and O–H groups in total. The number of benzene rings is 2. The van der Waals surface area contributed by atoms with Crippen molar-refractivity contribution in [2.45, 2.75) is 20.4 Å². The van der Waals surface area contributed by atoms with Crippen LogP contribution in [0.25, 0.3) is 0 Å². The van der Waals surface area contributed by atoms with Gasteiger partial charge in [-0.3, -0.25) is 4.79 Å². The molecule has 0 atom stereocenters. The number of carbonyl (C=O) groups excluding carboxylic acids is 1. The van der Waals surface area contributed by atoms with Gasteiger partial charge in [0, 0.05) is 19.2 Å². The molecule has 2 rings (SSSR count). The zero-order chi connectivity index (χ0) is 13.8. The van der Waals surface area contributed by atoms with Gasteiger partial charge in [0.15, 0.2) is 0 Å². The van der Waals surface area contributed by atoms with Crippen LogP contribution < -0.4 is 0 Å². The third-order valence-corrected chi connectivity index (χ3v) is 3.27. The first-order valence-electron chi connectivity index (χ1n) is 6.44. The van der Waals surface area contributed by atoms with Crippen molar-refractivity contribution in [2.75, 3.05) is 7.05 Å². The second kappa shape index (κ2) is 5.70. The predicted octanol–water partition coefficient (Wildman–Crippen LogP) is 3.58. The third kappa shape index (κ3) is 3.22. The van der Waals surface area contributed by atoms with Crippen molar-refractivity contribution in [3.05, 3.63) is 70.8 Å². The standard InChI is InChI=1S/C17H19NO/c1-13-9-10-16(14(2)11-13)12-18(3)17(19)15-7-5-4-6-8-15/h4-11H,12H2,1-3H3. The monoisotopic (exact) mass is 253 g/mol. The highest BCUT2D eigenvalue weighted by Gasteiger charge is 2.12. The predicted molar refractivity (Wildman–Crippen MR) is 78.2 cm³/mol. The van der Waals surface area contributed by atoms with E-state index in [2.05, 4.69) is 32.0 Å². The number of hydrogen-bond acceptors (Lipinski definition) is 1. The number of carbonyl (C=O) groups is 1. The van der Waals surface area contributed by atoms with Crippen LogP contribution in [0.15, 0.2) is 48.5 Å². The second-order valence-electron chi connectivity index (χ2n) is 4.96. The average molecular weight is 253 g/mol. The van der Waals surface area contributed by atoms with E-state index in [0.29, 0.717) is 6.54 Å². The molecule has 1 amide bonds. The van der Waals surface area contributed by atoms with Gasteiger partial charge >= 0.3 is 0 Å². The molecule has 0 aromatic heterocycles. The Balaban J connectivity index is 2.13. The maximum absolute atomic E-state index is 12.3. The molecule has 0 fully saturated rings. The highest BCUT2D eigenvalue weighted by molar-refractivity contribution is 5.93. The lowest BCUT2D eigenvalue weighted by molar-refractivity contribution is 0.0785. The lowest BCUT2D eigenvalue weighted by Gasteiger charge is -2.19. The van der Waals surface area contributed by atoms with Gasteiger partial charge in [-0.05, 0) is 37.1 Å². The minimum absolute atomic E-state index is 0.0561. The van der Waals surface area contributed by atoms with E-state index < -0.39 is 0 Å². The zero-order valence-corrected chi connectivity index (χ0v) is 11.7. The van der Waals surface area contributed by atoms with Crippen molar-refractivity contribution in [3.63, 3.8) is 0 Å². The second-order valence-corrected chi connectivity index (χ2v) is 4.96. The Kier molecular flexibility index (Phi) is 4.00. The topological polar surface area (TPSA) is 20.3 Å². The summed E-state index contributed by atoms with van der Waals surface area (Å²) >= 11 is 0. The Hall–Kier alpha value is -2.09. The summed E-state index contributed by atoms with van der Waals surface area (Å²) in [6.07, 6.45) is 0. The number of rotatable bonds is 3.